The van der Waals surface area contributed by atoms with E-state index < -0.39 is 17.8 Å². The summed E-state index contributed by atoms with van der Waals surface area (Å²) in [7, 11) is 0. The van der Waals surface area contributed by atoms with Gasteiger partial charge in [0.1, 0.15) is 23.7 Å². The summed E-state index contributed by atoms with van der Waals surface area (Å²) in [5.41, 5.74) is 1.53. The number of ether oxygens (including phenoxy) is 2. The van der Waals surface area contributed by atoms with Crippen LogP contribution in [-0.4, -0.2) is 24.5 Å². The van der Waals surface area contributed by atoms with Gasteiger partial charge in [-0.2, -0.15) is 0 Å². The number of nitrogens with zero attached hydrogens (tertiary/aromatic N) is 1. The molecule has 7 nitrogen and oxygen atoms in total. The van der Waals surface area contributed by atoms with Gasteiger partial charge in [-0.1, -0.05) is 54.7 Å². The van der Waals surface area contributed by atoms with E-state index in [-0.39, 0.29) is 12.2 Å². The van der Waals surface area contributed by atoms with E-state index in [4.69, 9.17) is 32.7 Å². The Balaban J connectivity index is 1.50. The van der Waals surface area contributed by atoms with Gasteiger partial charge in [0.2, 0.25) is 0 Å². The van der Waals surface area contributed by atoms with Crippen LogP contribution in [0.4, 0.5) is 10.5 Å². The molecule has 0 atom stereocenters. The van der Waals surface area contributed by atoms with E-state index in [9.17, 15) is 14.4 Å². The van der Waals surface area contributed by atoms with Gasteiger partial charge < -0.3 is 9.47 Å². The lowest BCUT2D eigenvalue weighted by Crippen LogP contribution is -2.54. The Hall–Kier alpha value is -3.81. The molecule has 37 heavy (non-hydrogen) atoms. The number of amides is 4. The van der Waals surface area contributed by atoms with Crippen LogP contribution in [0.25, 0.3) is 6.08 Å². The topological polar surface area (TPSA) is 84.9 Å². The Labute approximate surface area is 224 Å². The van der Waals surface area contributed by atoms with Crippen LogP contribution in [0.3, 0.4) is 0 Å². The summed E-state index contributed by atoms with van der Waals surface area (Å²) in [5, 5.41) is 3.15. The van der Waals surface area contributed by atoms with E-state index in [1.54, 1.807) is 54.6 Å². The summed E-state index contributed by atoms with van der Waals surface area (Å²) in [6.45, 7) is 2.93. The van der Waals surface area contributed by atoms with E-state index in [1.165, 1.54) is 6.08 Å². The second-order valence-electron chi connectivity index (χ2n) is 8.26. The van der Waals surface area contributed by atoms with Gasteiger partial charge in [-0.3, -0.25) is 14.9 Å². The first-order valence-corrected chi connectivity index (χ1v) is 12.4. The van der Waals surface area contributed by atoms with E-state index in [2.05, 4.69) is 12.2 Å². The third-order valence-corrected chi connectivity index (χ3v) is 6.09. The fourth-order valence-electron chi connectivity index (χ4n) is 3.55. The van der Waals surface area contributed by atoms with Crippen molar-refractivity contribution in [3.8, 4) is 11.5 Å². The van der Waals surface area contributed by atoms with Crippen LogP contribution >= 0.6 is 23.2 Å². The first-order chi connectivity index (χ1) is 17.9. The van der Waals surface area contributed by atoms with Gasteiger partial charge in [-0.15, -0.1) is 0 Å². The quantitative estimate of drug-likeness (QED) is 0.193. The SMILES string of the molecule is CCCCOc1ccc(N2C(=O)NC(=O)/C(=C/c3ccc(OCc4ccc(Cl)cc4)c(Cl)c3)C2=O)cc1. The maximum atomic E-state index is 13.2. The molecule has 0 spiro atoms. The van der Waals surface area contributed by atoms with Crippen molar-refractivity contribution < 1.29 is 23.9 Å². The van der Waals surface area contributed by atoms with Crippen LogP contribution in [0, 0.1) is 0 Å². The molecule has 1 heterocycles. The molecule has 3 aromatic carbocycles. The van der Waals surface area contributed by atoms with Crippen molar-refractivity contribution in [1.29, 1.82) is 0 Å². The number of carbonyl (C=O) groups excluding carboxylic acids is 3. The standard InChI is InChI=1S/C28H24Cl2N2O5/c1-2-3-14-36-22-11-9-21(10-12-22)32-27(34)23(26(33)31-28(32)35)15-19-6-13-25(24(30)16-19)37-17-18-4-7-20(29)8-5-18/h4-13,15-16H,2-3,14,17H2,1H3,(H,31,33,35)/b23-15-. The fourth-order valence-corrected chi connectivity index (χ4v) is 3.92. The lowest BCUT2D eigenvalue weighted by Gasteiger charge is -2.26. The molecule has 0 unspecified atom stereocenters. The van der Waals surface area contributed by atoms with Gasteiger partial charge in [0, 0.05) is 5.02 Å². The maximum Gasteiger partial charge on any atom is 0.335 e. The molecule has 1 aliphatic heterocycles. The van der Waals surface area contributed by atoms with Crippen LogP contribution in [0.5, 0.6) is 11.5 Å². The largest absolute Gasteiger partial charge is 0.494 e. The van der Waals surface area contributed by atoms with Crippen LogP contribution in [0.1, 0.15) is 30.9 Å². The maximum absolute atomic E-state index is 13.2. The lowest BCUT2D eigenvalue weighted by molar-refractivity contribution is -0.122. The van der Waals surface area contributed by atoms with Crippen molar-refractivity contribution in [3.63, 3.8) is 0 Å². The number of nitrogens with one attached hydrogen (secondary N) is 1. The second kappa shape index (κ2) is 12.0. The number of hydrogen-bond acceptors (Lipinski definition) is 5. The number of rotatable bonds is 9. The molecule has 0 saturated carbocycles. The number of carbonyl (C=O) groups is 3. The van der Waals surface area contributed by atoms with Crippen LogP contribution in [0.2, 0.25) is 10.0 Å². The number of benzene rings is 3. The average molecular weight is 539 g/mol. The third-order valence-electron chi connectivity index (χ3n) is 5.54. The zero-order chi connectivity index (χ0) is 26.4. The molecular formula is C28H24Cl2N2O5. The minimum atomic E-state index is -0.823. The fraction of sp³-hybridized carbons (Fsp3) is 0.179. The number of unbranched alkanes of at least 4 members (excludes halogenated alkanes) is 1. The zero-order valence-electron chi connectivity index (χ0n) is 20.0. The summed E-state index contributed by atoms with van der Waals surface area (Å²) in [4.78, 5) is 39.1. The molecule has 0 radical (unpaired) electrons. The van der Waals surface area contributed by atoms with Crippen molar-refractivity contribution in [2.75, 3.05) is 11.5 Å². The normalized spacial score (nSPS) is 14.6. The average Bonchev–Trinajstić information content (AvgIpc) is 2.88. The molecule has 4 amide bonds. The van der Waals surface area contributed by atoms with Crippen molar-refractivity contribution in [3.05, 3.63) is 93.5 Å². The molecule has 190 valence electrons. The lowest BCUT2D eigenvalue weighted by atomic mass is 10.1. The highest BCUT2D eigenvalue weighted by atomic mass is 35.5. The molecule has 1 saturated heterocycles. The molecule has 1 N–H and O–H groups in total. The van der Waals surface area contributed by atoms with Gasteiger partial charge in [0.25, 0.3) is 11.8 Å². The Kier molecular flexibility index (Phi) is 8.48. The van der Waals surface area contributed by atoms with Gasteiger partial charge in [-0.05, 0) is 72.2 Å². The molecular weight excluding hydrogens is 515 g/mol. The number of halogens is 2. The number of urea groups is 1. The highest BCUT2D eigenvalue weighted by Crippen LogP contribution is 2.29. The van der Waals surface area contributed by atoms with Crippen molar-refractivity contribution in [2.24, 2.45) is 0 Å². The van der Waals surface area contributed by atoms with E-state index >= 15 is 0 Å². The van der Waals surface area contributed by atoms with Gasteiger partial charge >= 0.3 is 6.03 Å². The Bertz CT molecular complexity index is 1340. The molecule has 3 aromatic rings. The Morgan fingerprint density at radius 1 is 0.919 bits per heavy atom. The zero-order valence-corrected chi connectivity index (χ0v) is 21.5. The van der Waals surface area contributed by atoms with E-state index in [0.717, 1.165) is 23.3 Å². The minimum absolute atomic E-state index is 0.200. The van der Waals surface area contributed by atoms with Crippen LogP contribution < -0.4 is 19.7 Å². The van der Waals surface area contributed by atoms with Crippen LogP contribution in [-0.2, 0) is 16.2 Å². The third kappa shape index (κ3) is 6.50. The molecule has 1 aliphatic rings. The number of hydrogen-bond donors (Lipinski definition) is 1. The highest BCUT2D eigenvalue weighted by Gasteiger charge is 2.36. The summed E-state index contributed by atoms with van der Waals surface area (Å²) < 4.78 is 11.4. The molecule has 0 aromatic heterocycles. The summed E-state index contributed by atoms with van der Waals surface area (Å²) in [6.07, 6.45) is 3.31. The molecule has 0 bridgehead atoms. The van der Waals surface area contributed by atoms with Gasteiger partial charge in [0.05, 0.1) is 17.3 Å². The Morgan fingerprint density at radius 2 is 1.65 bits per heavy atom. The van der Waals surface area contributed by atoms with Crippen molar-refractivity contribution in [2.45, 2.75) is 26.4 Å². The monoisotopic (exact) mass is 538 g/mol. The summed E-state index contributed by atoms with van der Waals surface area (Å²) >= 11 is 12.3. The smallest absolute Gasteiger partial charge is 0.335 e. The Morgan fingerprint density at radius 3 is 2.32 bits per heavy atom. The minimum Gasteiger partial charge on any atom is -0.494 e. The first-order valence-electron chi connectivity index (χ1n) is 11.7. The van der Waals surface area contributed by atoms with Crippen molar-refractivity contribution in [1.82, 2.24) is 5.32 Å². The molecule has 1 fully saturated rings. The van der Waals surface area contributed by atoms with Crippen molar-refractivity contribution >= 4 is 52.8 Å². The first kappa shape index (κ1) is 26.3. The summed E-state index contributed by atoms with van der Waals surface area (Å²) in [5.74, 6) is -0.462. The number of barbiturate groups is 1. The van der Waals surface area contributed by atoms with E-state index in [0.29, 0.717) is 39.4 Å². The second-order valence-corrected chi connectivity index (χ2v) is 9.10. The summed E-state index contributed by atoms with van der Waals surface area (Å²) in [6, 6.07) is 17.8. The van der Waals surface area contributed by atoms with Gasteiger partial charge in [-0.25, -0.2) is 9.69 Å². The number of anilines is 1. The highest BCUT2D eigenvalue weighted by molar-refractivity contribution is 6.39. The van der Waals surface area contributed by atoms with Crippen LogP contribution in [0.15, 0.2) is 72.3 Å². The molecule has 4 rings (SSSR count). The predicted molar refractivity (Wildman–Crippen MR) is 143 cm³/mol. The predicted octanol–water partition coefficient (Wildman–Crippen LogP) is 6.42. The van der Waals surface area contributed by atoms with E-state index in [1.807, 2.05) is 12.1 Å². The number of imide groups is 2. The molecule has 0 aliphatic carbocycles. The van der Waals surface area contributed by atoms with Gasteiger partial charge in [0.15, 0.2) is 0 Å². The molecule has 9 heteroatoms.